The first-order valence-corrected chi connectivity index (χ1v) is 17.0. The number of benzene rings is 3. The fourth-order valence-electron chi connectivity index (χ4n) is 5.12. The smallest absolute Gasteiger partial charge is 0.265 e. The van der Waals surface area contributed by atoms with Crippen LogP contribution in [0, 0.1) is 0 Å². The molecule has 11 nitrogen and oxygen atoms in total. The van der Waals surface area contributed by atoms with E-state index in [1.165, 1.54) is 0 Å². The molecule has 1 aliphatic heterocycles. The molecule has 4 amide bonds. The summed E-state index contributed by atoms with van der Waals surface area (Å²) in [5.74, 6) is -1.30. The first kappa shape index (κ1) is 34.9. The van der Waals surface area contributed by atoms with Crippen LogP contribution in [0.4, 0.5) is 0 Å². The Morgan fingerprint density at radius 1 is 0.787 bits per heavy atom. The van der Waals surface area contributed by atoms with Gasteiger partial charge in [0.1, 0.15) is 22.7 Å². The lowest BCUT2D eigenvalue weighted by atomic mass is 10.0. The van der Waals surface area contributed by atoms with Crippen molar-refractivity contribution >= 4 is 38.6 Å². The molecule has 3 aromatic rings. The van der Waals surface area contributed by atoms with Crippen molar-refractivity contribution in [2.75, 3.05) is 13.7 Å². The summed E-state index contributed by atoms with van der Waals surface area (Å²) in [4.78, 5) is 51.8. The summed E-state index contributed by atoms with van der Waals surface area (Å²) in [7, 11) is -2.38. The Bertz CT molecular complexity index is 1690. The van der Waals surface area contributed by atoms with Crippen molar-refractivity contribution in [2.24, 2.45) is 0 Å². The van der Waals surface area contributed by atoms with Gasteiger partial charge >= 0.3 is 0 Å². The summed E-state index contributed by atoms with van der Waals surface area (Å²) in [6, 6.07) is 20.8. The zero-order valence-electron chi connectivity index (χ0n) is 26.5. The third-order valence-electron chi connectivity index (χ3n) is 7.64. The van der Waals surface area contributed by atoms with Gasteiger partial charge in [-0.25, -0.2) is 13.1 Å². The van der Waals surface area contributed by atoms with Gasteiger partial charge in [-0.15, -0.1) is 0 Å². The van der Waals surface area contributed by atoms with Gasteiger partial charge in [0.05, 0.1) is 13.5 Å². The van der Waals surface area contributed by atoms with Gasteiger partial charge in [0.25, 0.3) is 15.9 Å². The molecule has 12 heteroatoms. The van der Waals surface area contributed by atoms with Crippen LogP contribution in [0.25, 0.3) is 4.91 Å². The van der Waals surface area contributed by atoms with Crippen molar-refractivity contribution in [1.29, 1.82) is 0 Å². The first-order valence-electron chi connectivity index (χ1n) is 15.5. The molecule has 0 aliphatic carbocycles. The Morgan fingerprint density at radius 3 is 2.00 bits per heavy atom. The van der Waals surface area contributed by atoms with Crippen LogP contribution in [0.3, 0.4) is 0 Å². The minimum Gasteiger partial charge on any atom is -0.497 e. The second-order valence-corrected chi connectivity index (χ2v) is 12.9. The number of amides is 4. The maximum Gasteiger partial charge on any atom is 0.265 e. The fraction of sp³-hybridized carbons (Fsp3) is 0.314. The standard InChI is InChI=1S/C35H40N4O7S/c1-3-4-8-19-36-34(42)29(21-25-11-15-27(16-12-25)31-23-33(41)39-47(31,44)45)38-35(43)30(20-24-9-6-5-7-10-24)37-32(40)22-26-13-17-28(46-2)18-14-26/h5-7,9-18,23,29-30H,3-4,8,19-22H2,1-2H3,(H,36,42)(H,37,40)(H,38,43)(H,39,41)/t29-,30-/m0/s1. The molecule has 0 saturated carbocycles. The SMILES string of the molecule is CCCCCNC(=O)[C@H](Cc1ccc(C2=CC(=O)NS2(=O)=O)cc1)NC(=O)[C@H](Cc1ccccc1)NC(=O)Cc1ccc(OC)cc1. The molecule has 0 radical (unpaired) electrons. The van der Waals surface area contributed by atoms with E-state index in [0.717, 1.165) is 36.5 Å². The number of unbranched alkanes of at least 4 members (excludes halogenated alkanes) is 2. The minimum absolute atomic E-state index is 0.0452. The molecular formula is C35H40N4O7S. The second-order valence-electron chi connectivity index (χ2n) is 11.3. The van der Waals surface area contributed by atoms with Gasteiger partial charge in [-0.2, -0.15) is 0 Å². The fourth-order valence-corrected chi connectivity index (χ4v) is 6.26. The average molecular weight is 661 g/mol. The molecule has 0 bridgehead atoms. The predicted octanol–water partition coefficient (Wildman–Crippen LogP) is 2.80. The summed E-state index contributed by atoms with van der Waals surface area (Å²) in [6.45, 7) is 2.50. The summed E-state index contributed by atoms with van der Waals surface area (Å²) in [6.07, 6.45) is 4.08. The van der Waals surface area contributed by atoms with Gasteiger partial charge < -0.3 is 20.7 Å². The summed E-state index contributed by atoms with van der Waals surface area (Å²) < 4.78 is 31.6. The third kappa shape index (κ3) is 10.3. The normalized spacial score (nSPS) is 14.7. The van der Waals surface area contributed by atoms with Crippen molar-refractivity contribution in [2.45, 2.75) is 57.5 Å². The Kier molecular flexibility index (Phi) is 12.3. The number of carbonyl (C=O) groups excluding carboxylic acids is 4. The highest BCUT2D eigenvalue weighted by Crippen LogP contribution is 2.24. The number of ether oxygens (including phenoxy) is 1. The molecule has 0 aromatic heterocycles. The average Bonchev–Trinajstić information content (AvgIpc) is 3.34. The van der Waals surface area contributed by atoms with Gasteiger partial charge in [-0.3, -0.25) is 19.2 Å². The lowest BCUT2D eigenvalue weighted by Gasteiger charge is -2.24. The van der Waals surface area contributed by atoms with Crippen LogP contribution in [-0.4, -0.2) is 57.8 Å². The van der Waals surface area contributed by atoms with Crippen molar-refractivity contribution in [1.82, 2.24) is 20.7 Å². The molecule has 1 heterocycles. The molecule has 0 spiro atoms. The van der Waals surface area contributed by atoms with Crippen LogP contribution in [0.1, 0.15) is 48.4 Å². The number of nitrogens with one attached hydrogen (secondary N) is 4. The largest absolute Gasteiger partial charge is 0.497 e. The number of hydrogen-bond donors (Lipinski definition) is 4. The lowest BCUT2D eigenvalue weighted by molar-refractivity contribution is -0.132. The summed E-state index contributed by atoms with van der Waals surface area (Å²) in [5.41, 5.74) is 2.55. The number of carbonyl (C=O) groups is 4. The van der Waals surface area contributed by atoms with Crippen LogP contribution in [0.5, 0.6) is 5.75 Å². The quantitative estimate of drug-likeness (QED) is 0.172. The van der Waals surface area contributed by atoms with Crippen LogP contribution in [0.15, 0.2) is 84.9 Å². The molecular weight excluding hydrogens is 620 g/mol. The van der Waals surface area contributed by atoms with Crippen molar-refractivity contribution in [3.63, 3.8) is 0 Å². The topological polar surface area (TPSA) is 160 Å². The van der Waals surface area contributed by atoms with E-state index in [0.29, 0.717) is 23.4 Å². The molecule has 0 unspecified atom stereocenters. The van der Waals surface area contributed by atoms with E-state index in [2.05, 4.69) is 22.9 Å². The molecule has 0 fully saturated rings. The lowest BCUT2D eigenvalue weighted by Crippen LogP contribution is -2.55. The van der Waals surface area contributed by atoms with E-state index in [1.54, 1.807) is 55.6 Å². The number of rotatable bonds is 16. The third-order valence-corrected chi connectivity index (χ3v) is 9.04. The highest BCUT2D eigenvalue weighted by atomic mass is 32.2. The van der Waals surface area contributed by atoms with Crippen LogP contribution >= 0.6 is 0 Å². The highest BCUT2D eigenvalue weighted by molar-refractivity contribution is 7.99. The van der Waals surface area contributed by atoms with Crippen molar-refractivity contribution in [3.05, 3.63) is 107 Å². The van der Waals surface area contributed by atoms with Crippen LogP contribution in [0.2, 0.25) is 0 Å². The van der Waals surface area contributed by atoms with E-state index in [1.807, 2.05) is 35.1 Å². The zero-order chi connectivity index (χ0) is 33.8. The predicted molar refractivity (Wildman–Crippen MR) is 178 cm³/mol. The van der Waals surface area contributed by atoms with E-state index in [4.69, 9.17) is 4.74 Å². The minimum atomic E-state index is -3.94. The van der Waals surface area contributed by atoms with E-state index in [-0.39, 0.29) is 36.0 Å². The monoisotopic (exact) mass is 660 g/mol. The molecule has 0 saturated heterocycles. The maximum absolute atomic E-state index is 13.8. The van der Waals surface area contributed by atoms with Gasteiger partial charge in [-0.05, 0) is 40.8 Å². The van der Waals surface area contributed by atoms with Gasteiger partial charge in [0.15, 0.2) is 0 Å². The van der Waals surface area contributed by atoms with Crippen LogP contribution < -0.4 is 25.4 Å². The molecule has 3 aromatic carbocycles. The van der Waals surface area contributed by atoms with Crippen molar-refractivity contribution < 1.29 is 32.3 Å². The molecule has 4 N–H and O–H groups in total. The Hall–Kier alpha value is -4.97. The van der Waals surface area contributed by atoms with Gasteiger partial charge in [0.2, 0.25) is 17.7 Å². The first-order chi connectivity index (χ1) is 22.6. The van der Waals surface area contributed by atoms with E-state index >= 15 is 0 Å². The number of sulfonamides is 1. The van der Waals surface area contributed by atoms with Gasteiger partial charge in [0, 0.05) is 25.5 Å². The second kappa shape index (κ2) is 16.5. The van der Waals surface area contributed by atoms with Crippen LogP contribution in [-0.2, 0) is 48.5 Å². The molecule has 248 valence electrons. The molecule has 2 atom stereocenters. The summed E-state index contributed by atoms with van der Waals surface area (Å²) in [5, 5.41) is 8.61. The van der Waals surface area contributed by atoms with Gasteiger partial charge in [-0.1, -0.05) is 86.5 Å². The Labute approximate surface area is 275 Å². The number of methoxy groups -OCH3 is 1. The Morgan fingerprint density at radius 2 is 1.40 bits per heavy atom. The van der Waals surface area contributed by atoms with E-state index < -0.39 is 33.9 Å². The Balaban J connectivity index is 1.52. The van der Waals surface area contributed by atoms with E-state index in [9.17, 15) is 27.6 Å². The van der Waals surface area contributed by atoms with Crippen molar-refractivity contribution in [3.8, 4) is 5.75 Å². The maximum atomic E-state index is 13.8. The molecule has 47 heavy (non-hydrogen) atoms. The summed E-state index contributed by atoms with van der Waals surface area (Å²) >= 11 is 0. The number of hydrogen-bond acceptors (Lipinski definition) is 7. The molecule has 4 rings (SSSR count). The molecule has 1 aliphatic rings. The highest BCUT2D eigenvalue weighted by Gasteiger charge is 2.30. The zero-order valence-corrected chi connectivity index (χ0v) is 27.3.